The SMILES string of the molecule is CC(C)n1c(=O)ccc2cnc(N[C@H](C)c3ccc(C4(N5CCN(C(=O)Oc6ccccc6)CC5)CCOCC4)cc3)nc21. The molecule has 2 aliphatic rings. The lowest BCUT2D eigenvalue weighted by atomic mass is 9.80. The summed E-state index contributed by atoms with van der Waals surface area (Å²) in [4.78, 5) is 38.8. The van der Waals surface area contributed by atoms with E-state index in [9.17, 15) is 9.59 Å². The van der Waals surface area contributed by atoms with Crippen molar-refractivity contribution in [2.75, 3.05) is 44.7 Å². The molecule has 44 heavy (non-hydrogen) atoms. The topological polar surface area (TPSA) is 102 Å². The van der Waals surface area contributed by atoms with Crippen molar-refractivity contribution in [3.63, 3.8) is 0 Å². The molecule has 6 rings (SSSR count). The van der Waals surface area contributed by atoms with Crippen LogP contribution in [-0.2, 0) is 10.3 Å². The third-order valence-electron chi connectivity index (χ3n) is 8.89. The third-order valence-corrected chi connectivity index (χ3v) is 8.89. The Labute approximate surface area is 257 Å². The molecule has 10 nitrogen and oxygen atoms in total. The van der Waals surface area contributed by atoms with Crippen molar-refractivity contribution in [1.82, 2.24) is 24.3 Å². The molecule has 2 aromatic carbocycles. The highest BCUT2D eigenvalue weighted by Gasteiger charge is 2.42. The maximum atomic E-state index is 12.8. The molecule has 2 fully saturated rings. The number of amides is 1. The number of piperazine rings is 1. The van der Waals surface area contributed by atoms with Gasteiger partial charge in [-0.15, -0.1) is 0 Å². The van der Waals surface area contributed by atoms with Crippen LogP contribution in [0.4, 0.5) is 10.7 Å². The van der Waals surface area contributed by atoms with Gasteiger partial charge in [0.15, 0.2) is 0 Å². The summed E-state index contributed by atoms with van der Waals surface area (Å²) < 4.78 is 13.1. The molecule has 1 amide bonds. The number of anilines is 1. The third kappa shape index (κ3) is 6.05. The fourth-order valence-corrected chi connectivity index (χ4v) is 6.43. The molecule has 0 aliphatic carbocycles. The van der Waals surface area contributed by atoms with E-state index >= 15 is 0 Å². The molecular formula is C34H40N6O4. The smallest absolute Gasteiger partial charge is 0.410 e. The number of hydrogen-bond acceptors (Lipinski definition) is 8. The number of carbonyl (C=O) groups excluding carboxylic acids is 1. The van der Waals surface area contributed by atoms with Gasteiger partial charge in [0, 0.05) is 63.1 Å². The zero-order chi connectivity index (χ0) is 30.7. The summed E-state index contributed by atoms with van der Waals surface area (Å²) in [5.74, 6) is 1.05. The quantitative estimate of drug-likeness (QED) is 0.304. The monoisotopic (exact) mass is 596 g/mol. The summed E-state index contributed by atoms with van der Waals surface area (Å²) in [5, 5.41) is 4.25. The highest BCUT2D eigenvalue weighted by molar-refractivity contribution is 5.75. The van der Waals surface area contributed by atoms with Crippen molar-refractivity contribution in [2.24, 2.45) is 0 Å². The van der Waals surface area contributed by atoms with Gasteiger partial charge in [0.05, 0.1) is 11.6 Å². The number of hydrogen-bond donors (Lipinski definition) is 1. The Hall–Kier alpha value is -4.28. The highest BCUT2D eigenvalue weighted by Crippen LogP contribution is 2.39. The Balaban J connectivity index is 1.15. The predicted molar refractivity (Wildman–Crippen MR) is 170 cm³/mol. The lowest BCUT2D eigenvalue weighted by Crippen LogP contribution is -2.58. The highest BCUT2D eigenvalue weighted by atomic mass is 16.6. The van der Waals surface area contributed by atoms with Gasteiger partial charge in [-0.25, -0.2) is 9.78 Å². The standard InChI is InChI=1S/C34H40N6O4/c1-24(2)40-30(41)14-11-27-23-35-32(37-31(27)40)36-25(3)26-9-12-28(13-10-26)34(15-21-43-22-16-34)39-19-17-38(18-20-39)33(42)44-29-7-5-4-6-8-29/h4-14,23-25H,15-22H2,1-3H3,(H,35,36,37)/t25-/m1/s1. The van der Waals surface area contributed by atoms with Crippen LogP contribution in [0, 0.1) is 0 Å². The summed E-state index contributed by atoms with van der Waals surface area (Å²) in [7, 11) is 0. The van der Waals surface area contributed by atoms with E-state index in [1.807, 2.05) is 32.0 Å². The van der Waals surface area contributed by atoms with Gasteiger partial charge < -0.3 is 19.7 Å². The Kier molecular flexibility index (Phi) is 8.63. The normalized spacial score (nSPS) is 17.9. The summed E-state index contributed by atoms with van der Waals surface area (Å²) in [6.45, 7) is 10.2. The average Bonchev–Trinajstić information content (AvgIpc) is 3.05. The molecule has 0 spiro atoms. The van der Waals surface area contributed by atoms with Gasteiger partial charge in [0.1, 0.15) is 11.4 Å². The Bertz CT molecular complexity index is 1640. The van der Waals surface area contributed by atoms with Gasteiger partial charge in [-0.1, -0.05) is 42.5 Å². The maximum absolute atomic E-state index is 12.8. The van der Waals surface area contributed by atoms with Crippen molar-refractivity contribution >= 4 is 23.1 Å². The zero-order valence-electron chi connectivity index (χ0n) is 25.6. The van der Waals surface area contributed by atoms with Gasteiger partial charge in [-0.05, 0) is 62.9 Å². The summed E-state index contributed by atoms with van der Waals surface area (Å²) >= 11 is 0. The number of nitrogens with zero attached hydrogens (tertiary/aromatic N) is 5. The van der Waals surface area contributed by atoms with Crippen LogP contribution in [0.3, 0.4) is 0 Å². The summed E-state index contributed by atoms with van der Waals surface area (Å²) in [5.41, 5.74) is 2.78. The summed E-state index contributed by atoms with van der Waals surface area (Å²) in [6, 6.07) is 21.3. The van der Waals surface area contributed by atoms with E-state index < -0.39 is 0 Å². The number of carbonyl (C=O) groups is 1. The zero-order valence-corrected chi connectivity index (χ0v) is 25.6. The van der Waals surface area contributed by atoms with Gasteiger partial charge in [0.25, 0.3) is 5.56 Å². The first-order valence-electron chi connectivity index (χ1n) is 15.4. The van der Waals surface area contributed by atoms with E-state index in [4.69, 9.17) is 14.5 Å². The fraction of sp³-hybridized carbons (Fsp3) is 0.412. The molecule has 0 bridgehead atoms. The number of pyridine rings is 1. The Morgan fingerprint density at radius 3 is 2.32 bits per heavy atom. The van der Waals surface area contributed by atoms with E-state index in [-0.39, 0.29) is 29.3 Å². The number of aromatic nitrogens is 3. The molecule has 1 N–H and O–H groups in total. The van der Waals surface area contributed by atoms with E-state index in [1.54, 1.807) is 39.9 Å². The summed E-state index contributed by atoms with van der Waals surface area (Å²) in [6.07, 6.45) is 3.26. The number of para-hydroxylation sites is 1. The predicted octanol–water partition coefficient (Wildman–Crippen LogP) is 5.37. The van der Waals surface area contributed by atoms with E-state index in [0.29, 0.717) is 43.6 Å². The molecule has 0 radical (unpaired) electrons. The van der Waals surface area contributed by atoms with Crippen LogP contribution in [0.15, 0.2) is 77.7 Å². The molecule has 2 aromatic heterocycles. The Morgan fingerprint density at radius 2 is 1.64 bits per heavy atom. The van der Waals surface area contributed by atoms with Crippen LogP contribution in [0.2, 0.25) is 0 Å². The van der Waals surface area contributed by atoms with Crippen LogP contribution < -0.4 is 15.6 Å². The molecule has 2 aliphatic heterocycles. The lowest BCUT2D eigenvalue weighted by molar-refractivity contribution is -0.0483. The van der Waals surface area contributed by atoms with E-state index in [2.05, 4.69) is 46.4 Å². The molecule has 0 unspecified atom stereocenters. The number of fused-ring (bicyclic) bond motifs is 1. The maximum Gasteiger partial charge on any atom is 0.415 e. The van der Waals surface area contributed by atoms with Crippen molar-refractivity contribution < 1.29 is 14.3 Å². The van der Waals surface area contributed by atoms with Crippen LogP contribution in [0.25, 0.3) is 11.0 Å². The van der Waals surface area contributed by atoms with Crippen LogP contribution in [0.5, 0.6) is 5.75 Å². The largest absolute Gasteiger partial charge is 0.415 e. The molecule has 10 heteroatoms. The van der Waals surface area contributed by atoms with E-state index in [0.717, 1.165) is 36.9 Å². The van der Waals surface area contributed by atoms with Crippen molar-refractivity contribution in [1.29, 1.82) is 0 Å². The number of rotatable bonds is 7. The van der Waals surface area contributed by atoms with Gasteiger partial charge >= 0.3 is 6.09 Å². The minimum atomic E-state index is -0.300. The van der Waals surface area contributed by atoms with Gasteiger partial charge in [-0.3, -0.25) is 14.3 Å². The van der Waals surface area contributed by atoms with Crippen LogP contribution in [-0.4, -0.2) is 69.8 Å². The second-order valence-corrected chi connectivity index (χ2v) is 11.9. The first-order chi connectivity index (χ1) is 21.3. The second-order valence-electron chi connectivity index (χ2n) is 11.9. The number of ether oxygens (including phenoxy) is 2. The molecule has 4 heterocycles. The molecule has 1 atom stereocenters. The second kappa shape index (κ2) is 12.8. The molecule has 230 valence electrons. The fourth-order valence-electron chi connectivity index (χ4n) is 6.43. The molecular weight excluding hydrogens is 556 g/mol. The van der Waals surface area contributed by atoms with Crippen LogP contribution in [0.1, 0.15) is 56.8 Å². The minimum Gasteiger partial charge on any atom is -0.410 e. The first kappa shape index (κ1) is 29.8. The number of benzene rings is 2. The van der Waals surface area contributed by atoms with E-state index in [1.165, 1.54) is 5.56 Å². The minimum absolute atomic E-state index is 0.0116. The molecule has 0 saturated carbocycles. The Morgan fingerprint density at radius 1 is 0.932 bits per heavy atom. The van der Waals surface area contributed by atoms with Crippen molar-refractivity contribution in [3.8, 4) is 5.75 Å². The average molecular weight is 597 g/mol. The van der Waals surface area contributed by atoms with Crippen molar-refractivity contribution in [2.45, 2.75) is 51.2 Å². The molecule has 2 saturated heterocycles. The lowest BCUT2D eigenvalue weighted by Gasteiger charge is -2.49. The van der Waals surface area contributed by atoms with Crippen LogP contribution >= 0.6 is 0 Å². The molecule has 4 aromatic rings. The van der Waals surface area contributed by atoms with Gasteiger partial charge in [0.2, 0.25) is 5.95 Å². The first-order valence-corrected chi connectivity index (χ1v) is 15.4. The number of nitrogens with one attached hydrogen (secondary N) is 1. The van der Waals surface area contributed by atoms with Gasteiger partial charge in [-0.2, -0.15) is 4.98 Å². The van der Waals surface area contributed by atoms with Crippen molar-refractivity contribution in [3.05, 3.63) is 94.4 Å².